The predicted octanol–water partition coefficient (Wildman–Crippen LogP) is 1.54. The third-order valence-electron chi connectivity index (χ3n) is 7.04. The summed E-state index contributed by atoms with van der Waals surface area (Å²) in [5, 5.41) is 5.25. The van der Waals surface area contributed by atoms with E-state index in [1.165, 1.54) is 4.88 Å². The minimum absolute atomic E-state index is 0.109. The summed E-state index contributed by atoms with van der Waals surface area (Å²) in [6, 6.07) is 4.72. The molecule has 166 valence electrons. The Kier molecular flexibility index (Phi) is 7.08. The number of rotatable bonds is 7. The fourth-order valence-electron chi connectivity index (χ4n) is 5.39. The van der Waals surface area contributed by atoms with E-state index in [0.717, 1.165) is 45.3 Å². The normalized spacial score (nSPS) is 30.3. The first-order valence-corrected chi connectivity index (χ1v) is 12.0. The Morgan fingerprint density at radius 1 is 1.30 bits per heavy atom. The van der Waals surface area contributed by atoms with Crippen molar-refractivity contribution in [1.82, 2.24) is 20.0 Å². The summed E-state index contributed by atoms with van der Waals surface area (Å²) in [6.45, 7) is 3.84. The first-order chi connectivity index (χ1) is 14.6. The number of thiophene rings is 1. The second kappa shape index (κ2) is 9.77. The van der Waals surface area contributed by atoms with Crippen LogP contribution >= 0.6 is 11.3 Å². The van der Waals surface area contributed by atoms with E-state index in [-0.39, 0.29) is 36.0 Å². The summed E-state index contributed by atoms with van der Waals surface area (Å²) in [6.07, 6.45) is 4.39. The van der Waals surface area contributed by atoms with Crippen LogP contribution in [0.5, 0.6) is 0 Å². The summed E-state index contributed by atoms with van der Waals surface area (Å²) in [5.74, 6) is 0.357. The number of likely N-dealkylation sites (tertiary alicyclic amines) is 2. The van der Waals surface area contributed by atoms with Gasteiger partial charge in [-0.1, -0.05) is 6.07 Å². The highest BCUT2D eigenvalue weighted by molar-refractivity contribution is 7.09. The van der Waals surface area contributed by atoms with Gasteiger partial charge < -0.3 is 15.0 Å². The molecule has 0 bridgehead atoms. The molecule has 4 atom stereocenters. The summed E-state index contributed by atoms with van der Waals surface area (Å²) in [4.78, 5) is 33.7. The van der Waals surface area contributed by atoms with E-state index in [0.29, 0.717) is 19.6 Å². The van der Waals surface area contributed by atoms with E-state index in [9.17, 15) is 9.59 Å². The molecule has 4 unspecified atom stereocenters. The van der Waals surface area contributed by atoms with Gasteiger partial charge in [-0.2, -0.15) is 0 Å². The summed E-state index contributed by atoms with van der Waals surface area (Å²) in [5.41, 5.74) is 0. The van der Waals surface area contributed by atoms with Gasteiger partial charge in [0.1, 0.15) is 6.04 Å². The van der Waals surface area contributed by atoms with Crippen LogP contribution in [-0.2, 0) is 20.9 Å². The number of nitrogens with zero attached hydrogens (tertiary/aromatic N) is 3. The number of nitrogens with one attached hydrogen (secondary N) is 1. The number of carbonyl (C=O) groups excluding carboxylic acids is 2. The molecule has 1 aromatic heterocycles. The summed E-state index contributed by atoms with van der Waals surface area (Å²) >= 11 is 1.75. The Balaban J connectivity index is 1.36. The maximum atomic E-state index is 12.9. The predicted molar refractivity (Wildman–Crippen MR) is 117 cm³/mol. The molecule has 3 aliphatic heterocycles. The van der Waals surface area contributed by atoms with Crippen LogP contribution in [0.4, 0.5) is 0 Å². The molecule has 0 spiro atoms. The van der Waals surface area contributed by atoms with Crippen molar-refractivity contribution in [3.63, 3.8) is 0 Å². The zero-order valence-corrected chi connectivity index (χ0v) is 18.9. The SMILES string of the molecule is COCC1CCCN1C(=O)CCC1CNC(=O)C2C(CCN2Cc2cccs2)N1C. The van der Waals surface area contributed by atoms with Crippen molar-refractivity contribution in [2.45, 2.75) is 62.8 Å². The lowest BCUT2D eigenvalue weighted by atomic mass is 10.0. The second-order valence-corrected chi connectivity index (χ2v) is 9.82. The Bertz CT molecular complexity index is 728. The van der Waals surface area contributed by atoms with Gasteiger partial charge in [-0.05, 0) is 44.2 Å². The number of likely N-dealkylation sites (N-methyl/N-ethyl adjacent to an activating group) is 1. The molecule has 4 rings (SSSR count). The van der Waals surface area contributed by atoms with E-state index in [1.807, 2.05) is 4.90 Å². The molecule has 3 aliphatic rings. The van der Waals surface area contributed by atoms with Crippen LogP contribution in [0.25, 0.3) is 0 Å². The number of carbonyl (C=O) groups is 2. The van der Waals surface area contributed by atoms with Crippen molar-refractivity contribution < 1.29 is 14.3 Å². The monoisotopic (exact) mass is 434 g/mol. The molecule has 7 nitrogen and oxygen atoms in total. The van der Waals surface area contributed by atoms with Crippen molar-refractivity contribution in [2.24, 2.45) is 0 Å². The molecule has 2 amide bonds. The van der Waals surface area contributed by atoms with Crippen molar-refractivity contribution in [3.05, 3.63) is 22.4 Å². The molecule has 8 heteroatoms. The highest BCUT2D eigenvalue weighted by Crippen LogP contribution is 2.29. The lowest BCUT2D eigenvalue weighted by molar-refractivity contribution is -0.133. The fourth-order valence-corrected chi connectivity index (χ4v) is 6.12. The minimum Gasteiger partial charge on any atom is -0.383 e. The Morgan fingerprint density at radius 2 is 2.17 bits per heavy atom. The topological polar surface area (TPSA) is 65.1 Å². The van der Waals surface area contributed by atoms with Crippen LogP contribution < -0.4 is 5.32 Å². The quantitative estimate of drug-likeness (QED) is 0.705. The smallest absolute Gasteiger partial charge is 0.239 e. The van der Waals surface area contributed by atoms with Gasteiger partial charge in [-0.25, -0.2) is 0 Å². The van der Waals surface area contributed by atoms with Crippen LogP contribution in [-0.4, -0.2) is 91.1 Å². The Hall–Kier alpha value is -1.48. The Labute approximate surface area is 183 Å². The first kappa shape index (κ1) is 21.7. The van der Waals surface area contributed by atoms with Crippen molar-refractivity contribution >= 4 is 23.2 Å². The van der Waals surface area contributed by atoms with Crippen LogP contribution in [0.15, 0.2) is 17.5 Å². The van der Waals surface area contributed by atoms with Crippen LogP contribution in [0, 0.1) is 0 Å². The van der Waals surface area contributed by atoms with Crippen molar-refractivity contribution in [1.29, 1.82) is 0 Å². The molecule has 0 radical (unpaired) electrons. The molecule has 0 aromatic carbocycles. The van der Waals surface area contributed by atoms with E-state index in [4.69, 9.17) is 4.74 Å². The largest absolute Gasteiger partial charge is 0.383 e. The average molecular weight is 435 g/mol. The standard InChI is InChI=1S/C22H34N4O3S/c1-24-16(7-8-20(27)26-10-3-5-17(26)15-29-2)13-23-22(28)21-19(24)9-11-25(21)14-18-6-4-12-30-18/h4,6,12,16-17,19,21H,3,5,7-11,13-15H2,1-2H3,(H,23,28). The molecular formula is C22H34N4O3S. The van der Waals surface area contributed by atoms with E-state index in [2.05, 4.69) is 39.7 Å². The number of amides is 2. The average Bonchev–Trinajstić information content (AvgIpc) is 3.47. The first-order valence-electron chi connectivity index (χ1n) is 11.1. The summed E-state index contributed by atoms with van der Waals surface area (Å²) < 4.78 is 5.29. The van der Waals surface area contributed by atoms with Crippen molar-refractivity contribution in [3.8, 4) is 0 Å². The van der Waals surface area contributed by atoms with E-state index >= 15 is 0 Å². The second-order valence-electron chi connectivity index (χ2n) is 8.79. The van der Waals surface area contributed by atoms with Gasteiger partial charge in [-0.3, -0.25) is 19.4 Å². The van der Waals surface area contributed by atoms with Gasteiger partial charge in [0.2, 0.25) is 11.8 Å². The molecule has 0 saturated carbocycles. The molecule has 1 aromatic rings. The third-order valence-corrected chi connectivity index (χ3v) is 7.90. The zero-order valence-electron chi connectivity index (χ0n) is 18.1. The fraction of sp³-hybridized carbons (Fsp3) is 0.727. The van der Waals surface area contributed by atoms with Crippen LogP contribution in [0.2, 0.25) is 0 Å². The highest BCUT2D eigenvalue weighted by Gasteiger charge is 2.45. The van der Waals surface area contributed by atoms with E-state index in [1.54, 1.807) is 18.4 Å². The number of fused-ring (bicyclic) bond motifs is 1. The van der Waals surface area contributed by atoms with Gasteiger partial charge >= 0.3 is 0 Å². The molecule has 0 aliphatic carbocycles. The number of hydrogen-bond acceptors (Lipinski definition) is 6. The van der Waals surface area contributed by atoms with Gasteiger partial charge in [0.25, 0.3) is 0 Å². The summed E-state index contributed by atoms with van der Waals surface area (Å²) in [7, 11) is 3.83. The molecular weight excluding hydrogens is 400 g/mol. The van der Waals surface area contributed by atoms with Gasteiger partial charge in [0.05, 0.1) is 12.6 Å². The minimum atomic E-state index is -0.109. The number of ether oxygens (including phenoxy) is 1. The number of methoxy groups -OCH3 is 1. The van der Waals surface area contributed by atoms with Gasteiger partial charge in [0.15, 0.2) is 0 Å². The highest BCUT2D eigenvalue weighted by atomic mass is 32.1. The van der Waals surface area contributed by atoms with Gasteiger partial charge in [0, 0.05) is 56.7 Å². The zero-order chi connectivity index (χ0) is 21.1. The molecule has 30 heavy (non-hydrogen) atoms. The molecule has 1 N–H and O–H groups in total. The van der Waals surface area contributed by atoms with Crippen molar-refractivity contribution in [2.75, 3.05) is 40.4 Å². The number of hydrogen-bond donors (Lipinski definition) is 1. The maximum Gasteiger partial charge on any atom is 0.239 e. The molecule has 4 heterocycles. The van der Waals surface area contributed by atoms with Crippen LogP contribution in [0.3, 0.4) is 0 Å². The lowest BCUT2D eigenvalue weighted by Gasteiger charge is -2.33. The Morgan fingerprint density at radius 3 is 2.93 bits per heavy atom. The van der Waals surface area contributed by atoms with E-state index < -0.39 is 0 Å². The maximum absolute atomic E-state index is 12.9. The van der Waals surface area contributed by atoms with Gasteiger partial charge in [-0.15, -0.1) is 11.3 Å². The van der Waals surface area contributed by atoms with Crippen LogP contribution in [0.1, 0.15) is 37.0 Å². The third kappa shape index (κ3) is 4.56. The molecule has 3 fully saturated rings. The lowest BCUT2D eigenvalue weighted by Crippen LogP contribution is -2.49. The molecule has 3 saturated heterocycles.